The van der Waals surface area contributed by atoms with Gasteiger partial charge < -0.3 is 15.2 Å². The van der Waals surface area contributed by atoms with E-state index in [1.54, 1.807) is 24.3 Å². The van der Waals surface area contributed by atoms with Crippen molar-refractivity contribution in [1.82, 2.24) is 0 Å². The van der Waals surface area contributed by atoms with Crippen LogP contribution in [0.3, 0.4) is 0 Å². The van der Waals surface area contributed by atoms with Crippen LogP contribution in [0.15, 0.2) is 24.3 Å². The topological polar surface area (TPSA) is 61.5 Å². The van der Waals surface area contributed by atoms with Crippen molar-refractivity contribution >= 4 is 11.7 Å². The zero-order valence-electron chi connectivity index (χ0n) is 12.9. The summed E-state index contributed by atoms with van der Waals surface area (Å²) in [6, 6.07) is 7.15. The molecular formula is C17H25NO3. The van der Waals surface area contributed by atoms with Gasteiger partial charge in [0.2, 0.25) is 0 Å². The van der Waals surface area contributed by atoms with E-state index in [-0.39, 0.29) is 18.5 Å². The number of hydrogen-bond donors (Lipinski definition) is 1. The number of benzene rings is 1. The highest BCUT2D eigenvalue weighted by atomic mass is 16.5. The van der Waals surface area contributed by atoms with Crippen molar-refractivity contribution in [3.8, 4) is 5.75 Å². The van der Waals surface area contributed by atoms with E-state index in [1.165, 1.54) is 6.42 Å². The monoisotopic (exact) mass is 291 g/mol. The molecule has 0 bridgehead atoms. The second-order valence-electron chi connectivity index (χ2n) is 6.20. The Labute approximate surface area is 126 Å². The van der Waals surface area contributed by atoms with Crippen LogP contribution in [0.2, 0.25) is 0 Å². The van der Waals surface area contributed by atoms with Crippen LogP contribution in [0.25, 0.3) is 0 Å². The number of hydrogen-bond acceptors (Lipinski definition) is 4. The van der Waals surface area contributed by atoms with Gasteiger partial charge in [-0.05, 0) is 55.4 Å². The van der Waals surface area contributed by atoms with Gasteiger partial charge in [-0.3, -0.25) is 4.79 Å². The third kappa shape index (κ3) is 5.29. The molecule has 0 saturated heterocycles. The molecule has 0 radical (unpaired) electrons. The third-order valence-corrected chi connectivity index (χ3v) is 3.89. The first kappa shape index (κ1) is 15.7. The van der Waals surface area contributed by atoms with E-state index < -0.39 is 0 Å². The number of carbonyl (C=O) groups is 1. The van der Waals surface area contributed by atoms with Gasteiger partial charge in [0, 0.05) is 5.69 Å². The van der Waals surface area contributed by atoms with Crippen molar-refractivity contribution in [2.45, 2.75) is 45.6 Å². The fourth-order valence-corrected chi connectivity index (χ4v) is 3.03. The summed E-state index contributed by atoms with van der Waals surface area (Å²) in [5.74, 6) is 1.82. The van der Waals surface area contributed by atoms with Crippen molar-refractivity contribution in [2.24, 2.45) is 11.8 Å². The van der Waals surface area contributed by atoms with Crippen LogP contribution in [-0.2, 0) is 9.53 Å². The maximum Gasteiger partial charge on any atom is 0.309 e. The lowest BCUT2D eigenvalue weighted by Gasteiger charge is -2.31. The average molecular weight is 291 g/mol. The van der Waals surface area contributed by atoms with Crippen molar-refractivity contribution in [1.29, 1.82) is 0 Å². The zero-order chi connectivity index (χ0) is 15.2. The van der Waals surface area contributed by atoms with Gasteiger partial charge in [-0.25, -0.2) is 0 Å². The van der Waals surface area contributed by atoms with E-state index in [1.807, 2.05) is 0 Å². The minimum atomic E-state index is -0.170. The number of nitrogen functional groups attached to an aromatic ring is 1. The number of esters is 1. The molecule has 2 unspecified atom stereocenters. The summed E-state index contributed by atoms with van der Waals surface area (Å²) in [6.07, 6.45) is 3.55. The summed E-state index contributed by atoms with van der Waals surface area (Å²) in [4.78, 5) is 11.8. The highest BCUT2D eigenvalue weighted by Gasteiger charge is 2.26. The van der Waals surface area contributed by atoms with E-state index in [0.717, 1.165) is 18.6 Å². The number of rotatable bonds is 5. The van der Waals surface area contributed by atoms with Crippen LogP contribution in [0.4, 0.5) is 5.69 Å². The Kier molecular flexibility index (Phi) is 5.48. The predicted octanol–water partition coefficient (Wildman–Crippen LogP) is 3.41. The molecular weight excluding hydrogens is 266 g/mol. The Bertz CT molecular complexity index is 448. The summed E-state index contributed by atoms with van der Waals surface area (Å²) in [5.41, 5.74) is 6.30. The molecule has 1 saturated carbocycles. The lowest BCUT2D eigenvalue weighted by molar-refractivity contribution is -0.152. The van der Waals surface area contributed by atoms with Gasteiger partial charge in [-0.15, -0.1) is 0 Å². The molecule has 0 aliphatic heterocycles. The number of anilines is 1. The zero-order valence-corrected chi connectivity index (χ0v) is 12.9. The fraction of sp³-hybridized carbons (Fsp3) is 0.588. The summed E-state index contributed by atoms with van der Waals surface area (Å²) < 4.78 is 11.1. The molecule has 0 aromatic heterocycles. The van der Waals surface area contributed by atoms with Crippen LogP contribution in [0, 0.1) is 11.8 Å². The summed E-state index contributed by atoms with van der Waals surface area (Å²) in [7, 11) is 0. The molecule has 2 rings (SSSR count). The largest absolute Gasteiger partial charge is 0.493 e. The molecule has 1 aliphatic carbocycles. The normalized spacial score (nSPS) is 25.3. The SMILES string of the molecule is CC1CC(C)CC(OC(=O)CCOc2ccc(N)cc2)C1. The second kappa shape index (κ2) is 7.34. The van der Waals surface area contributed by atoms with Crippen molar-refractivity contribution < 1.29 is 14.3 Å². The summed E-state index contributed by atoms with van der Waals surface area (Å²) in [5, 5.41) is 0. The first-order valence-electron chi connectivity index (χ1n) is 7.70. The van der Waals surface area contributed by atoms with Crippen molar-refractivity contribution in [2.75, 3.05) is 12.3 Å². The molecule has 4 heteroatoms. The average Bonchev–Trinajstić information content (AvgIpc) is 2.39. The maximum atomic E-state index is 11.8. The molecule has 116 valence electrons. The fourth-order valence-electron chi connectivity index (χ4n) is 3.03. The van der Waals surface area contributed by atoms with Gasteiger partial charge in [0.25, 0.3) is 0 Å². The van der Waals surface area contributed by atoms with E-state index in [2.05, 4.69) is 13.8 Å². The van der Waals surface area contributed by atoms with Gasteiger partial charge in [0.1, 0.15) is 11.9 Å². The summed E-state index contributed by atoms with van der Waals surface area (Å²) in [6.45, 7) is 4.78. The van der Waals surface area contributed by atoms with Crippen LogP contribution in [-0.4, -0.2) is 18.7 Å². The van der Waals surface area contributed by atoms with E-state index in [0.29, 0.717) is 24.1 Å². The van der Waals surface area contributed by atoms with Gasteiger partial charge in [-0.2, -0.15) is 0 Å². The van der Waals surface area contributed by atoms with Gasteiger partial charge in [0.05, 0.1) is 13.0 Å². The quantitative estimate of drug-likeness (QED) is 0.667. The number of ether oxygens (including phenoxy) is 2. The van der Waals surface area contributed by atoms with Crippen LogP contribution < -0.4 is 10.5 Å². The second-order valence-corrected chi connectivity index (χ2v) is 6.20. The number of nitrogens with two attached hydrogens (primary N) is 1. The minimum absolute atomic E-state index is 0.0766. The molecule has 1 aliphatic rings. The van der Waals surface area contributed by atoms with Crippen molar-refractivity contribution in [3.05, 3.63) is 24.3 Å². The lowest BCUT2D eigenvalue weighted by Crippen LogP contribution is -2.28. The van der Waals surface area contributed by atoms with E-state index in [4.69, 9.17) is 15.2 Å². The highest BCUT2D eigenvalue weighted by Crippen LogP contribution is 2.30. The molecule has 0 amide bonds. The number of carbonyl (C=O) groups excluding carboxylic acids is 1. The van der Waals surface area contributed by atoms with Crippen LogP contribution >= 0.6 is 0 Å². The lowest BCUT2D eigenvalue weighted by atomic mass is 9.82. The summed E-state index contributed by atoms with van der Waals surface area (Å²) >= 11 is 0. The Morgan fingerprint density at radius 3 is 2.38 bits per heavy atom. The van der Waals surface area contributed by atoms with E-state index >= 15 is 0 Å². The van der Waals surface area contributed by atoms with Crippen molar-refractivity contribution in [3.63, 3.8) is 0 Å². The molecule has 4 nitrogen and oxygen atoms in total. The van der Waals surface area contributed by atoms with Gasteiger partial charge in [-0.1, -0.05) is 13.8 Å². The molecule has 21 heavy (non-hydrogen) atoms. The molecule has 0 heterocycles. The first-order chi connectivity index (χ1) is 10.0. The molecule has 2 atom stereocenters. The molecule has 1 fully saturated rings. The minimum Gasteiger partial charge on any atom is -0.493 e. The Hall–Kier alpha value is -1.71. The van der Waals surface area contributed by atoms with Gasteiger partial charge >= 0.3 is 5.97 Å². The molecule has 1 aromatic rings. The highest BCUT2D eigenvalue weighted by molar-refractivity contribution is 5.69. The van der Waals surface area contributed by atoms with E-state index in [9.17, 15) is 4.79 Å². The first-order valence-corrected chi connectivity index (χ1v) is 7.70. The molecule has 2 N–H and O–H groups in total. The van der Waals surface area contributed by atoms with Crippen LogP contribution in [0.5, 0.6) is 5.75 Å². The maximum absolute atomic E-state index is 11.8. The Balaban J connectivity index is 1.68. The van der Waals surface area contributed by atoms with Crippen LogP contribution in [0.1, 0.15) is 39.5 Å². The molecule has 0 spiro atoms. The third-order valence-electron chi connectivity index (χ3n) is 3.89. The molecule has 1 aromatic carbocycles. The Morgan fingerprint density at radius 2 is 1.76 bits per heavy atom. The Morgan fingerprint density at radius 1 is 1.14 bits per heavy atom. The standard InChI is InChI=1S/C17H25NO3/c1-12-9-13(2)11-16(10-12)21-17(19)7-8-20-15-5-3-14(18)4-6-15/h3-6,12-13,16H,7-11,18H2,1-2H3. The van der Waals surface area contributed by atoms with Gasteiger partial charge in [0.15, 0.2) is 0 Å². The smallest absolute Gasteiger partial charge is 0.309 e. The predicted molar refractivity (Wildman–Crippen MR) is 83.0 cm³/mol.